The number of benzene rings is 1. The van der Waals surface area contributed by atoms with E-state index >= 15 is 0 Å². The van der Waals surface area contributed by atoms with Gasteiger partial charge in [0.15, 0.2) is 11.6 Å². The summed E-state index contributed by atoms with van der Waals surface area (Å²) in [6.45, 7) is 0. The third-order valence-corrected chi connectivity index (χ3v) is 2.72. The molecule has 0 aliphatic carbocycles. The van der Waals surface area contributed by atoms with Crippen LogP contribution in [0, 0.1) is 0 Å². The average Bonchev–Trinajstić information content (AvgIpc) is 2.64. The fourth-order valence-corrected chi connectivity index (χ4v) is 1.41. The summed E-state index contributed by atoms with van der Waals surface area (Å²) in [5, 5.41) is 18.7. The molecule has 0 radical (unpaired) electrons. The van der Waals surface area contributed by atoms with Crippen LogP contribution >= 0.6 is 12.2 Å². The molecule has 1 heterocycles. The second kappa shape index (κ2) is 4.50. The van der Waals surface area contributed by atoms with Crippen LogP contribution in [-0.4, -0.2) is 34.2 Å². The molecule has 0 amide bonds. The fourth-order valence-electron chi connectivity index (χ4n) is 1.37. The van der Waals surface area contributed by atoms with Crippen LogP contribution in [0.4, 0.5) is 5.82 Å². The SMILES string of the molecule is CN(C)C(=S)N=Nc1[nH]c2ccccc2c1O. The zero-order valence-electron chi connectivity index (χ0n) is 9.51. The number of para-hydroxylation sites is 1. The first-order valence-electron chi connectivity index (χ1n) is 5.02. The van der Waals surface area contributed by atoms with E-state index in [1.165, 1.54) is 0 Å². The van der Waals surface area contributed by atoms with Gasteiger partial charge in [-0.2, -0.15) is 0 Å². The Balaban J connectivity index is 2.37. The van der Waals surface area contributed by atoms with Gasteiger partial charge in [-0.25, -0.2) is 0 Å². The van der Waals surface area contributed by atoms with Crippen molar-refractivity contribution in [3.8, 4) is 5.75 Å². The quantitative estimate of drug-likeness (QED) is 0.602. The predicted molar refractivity (Wildman–Crippen MR) is 70.8 cm³/mol. The minimum atomic E-state index is 0.0888. The van der Waals surface area contributed by atoms with Gasteiger partial charge in [-0.05, 0) is 24.4 Å². The smallest absolute Gasteiger partial charge is 0.216 e. The van der Waals surface area contributed by atoms with Gasteiger partial charge >= 0.3 is 0 Å². The maximum atomic E-state index is 9.90. The number of fused-ring (bicyclic) bond motifs is 1. The van der Waals surface area contributed by atoms with Crippen molar-refractivity contribution in [2.75, 3.05) is 14.1 Å². The van der Waals surface area contributed by atoms with Gasteiger partial charge < -0.3 is 15.0 Å². The van der Waals surface area contributed by atoms with Gasteiger partial charge in [-0.1, -0.05) is 12.1 Å². The van der Waals surface area contributed by atoms with Crippen molar-refractivity contribution >= 4 is 34.1 Å². The van der Waals surface area contributed by atoms with Crippen molar-refractivity contribution in [2.24, 2.45) is 10.2 Å². The first-order chi connectivity index (χ1) is 8.09. The van der Waals surface area contributed by atoms with Crippen molar-refractivity contribution in [2.45, 2.75) is 0 Å². The van der Waals surface area contributed by atoms with Crippen LogP contribution in [0.2, 0.25) is 0 Å². The first-order valence-corrected chi connectivity index (χ1v) is 5.43. The van der Waals surface area contributed by atoms with Crippen molar-refractivity contribution in [3.63, 3.8) is 0 Å². The van der Waals surface area contributed by atoms with E-state index in [1.54, 1.807) is 19.0 Å². The van der Waals surface area contributed by atoms with Gasteiger partial charge in [0, 0.05) is 19.5 Å². The van der Waals surface area contributed by atoms with Crippen LogP contribution in [-0.2, 0) is 0 Å². The van der Waals surface area contributed by atoms with E-state index in [4.69, 9.17) is 12.2 Å². The molecule has 2 rings (SSSR count). The minimum Gasteiger partial charge on any atom is -0.504 e. The van der Waals surface area contributed by atoms with Gasteiger partial charge in [0.25, 0.3) is 0 Å². The topological polar surface area (TPSA) is 64.0 Å². The van der Waals surface area contributed by atoms with Crippen LogP contribution in [0.25, 0.3) is 10.9 Å². The highest BCUT2D eigenvalue weighted by molar-refractivity contribution is 7.80. The molecule has 6 heteroatoms. The Bertz CT molecular complexity index is 588. The number of aromatic hydroxyl groups is 1. The van der Waals surface area contributed by atoms with Crippen LogP contribution < -0.4 is 0 Å². The zero-order chi connectivity index (χ0) is 12.4. The number of nitrogens with zero attached hydrogens (tertiary/aromatic N) is 3. The summed E-state index contributed by atoms with van der Waals surface area (Å²) < 4.78 is 0. The lowest BCUT2D eigenvalue weighted by Crippen LogP contribution is -2.16. The second-order valence-electron chi connectivity index (χ2n) is 3.74. The number of thiocarbonyl (C=S) groups is 1. The Labute approximate surface area is 104 Å². The number of hydrogen-bond acceptors (Lipinski definition) is 3. The van der Waals surface area contributed by atoms with E-state index in [0.29, 0.717) is 10.9 Å². The van der Waals surface area contributed by atoms with Gasteiger partial charge in [0.1, 0.15) is 0 Å². The van der Waals surface area contributed by atoms with Gasteiger partial charge in [0.2, 0.25) is 5.11 Å². The molecule has 88 valence electrons. The third-order valence-electron chi connectivity index (χ3n) is 2.28. The molecule has 0 saturated carbocycles. The van der Waals surface area contributed by atoms with E-state index < -0.39 is 0 Å². The van der Waals surface area contributed by atoms with Crippen LogP contribution in [0.5, 0.6) is 5.75 Å². The summed E-state index contributed by atoms with van der Waals surface area (Å²) in [4.78, 5) is 4.63. The predicted octanol–water partition coefficient (Wildman–Crippen LogP) is 2.80. The number of azo groups is 1. The zero-order valence-corrected chi connectivity index (χ0v) is 10.3. The molecule has 2 N–H and O–H groups in total. The summed E-state index contributed by atoms with van der Waals surface area (Å²) in [5.41, 5.74) is 0.815. The second-order valence-corrected chi connectivity index (χ2v) is 4.11. The lowest BCUT2D eigenvalue weighted by atomic mass is 10.2. The Morgan fingerprint density at radius 3 is 2.71 bits per heavy atom. The molecule has 0 unspecified atom stereocenters. The van der Waals surface area contributed by atoms with E-state index in [0.717, 1.165) is 10.9 Å². The van der Waals surface area contributed by atoms with E-state index in [9.17, 15) is 5.11 Å². The molecule has 5 nitrogen and oxygen atoms in total. The van der Waals surface area contributed by atoms with Gasteiger partial charge in [-0.15, -0.1) is 10.2 Å². The first kappa shape index (κ1) is 11.5. The van der Waals surface area contributed by atoms with Crippen molar-refractivity contribution in [3.05, 3.63) is 24.3 Å². The molecule has 2 aromatic rings. The fraction of sp³-hybridized carbons (Fsp3) is 0.182. The summed E-state index contributed by atoms with van der Waals surface area (Å²) >= 11 is 4.97. The van der Waals surface area contributed by atoms with E-state index in [1.807, 2.05) is 24.3 Å². The number of nitrogens with one attached hydrogen (secondary N) is 1. The molecule has 0 spiro atoms. The van der Waals surface area contributed by atoms with E-state index in [2.05, 4.69) is 15.2 Å². The maximum Gasteiger partial charge on any atom is 0.216 e. The largest absolute Gasteiger partial charge is 0.504 e. The number of H-pyrrole nitrogens is 1. The monoisotopic (exact) mass is 248 g/mol. The summed E-state index contributed by atoms with van der Waals surface area (Å²) in [5.74, 6) is 0.404. The lowest BCUT2D eigenvalue weighted by molar-refractivity contribution is 0.482. The number of hydrogen-bond donors (Lipinski definition) is 2. The average molecular weight is 248 g/mol. The molecule has 1 aromatic carbocycles. The van der Waals surface area contributed by atoms with Crippen molar-refractivity contribution < 1.29 is 5.11 Å². The highest BCUT2D eigenvalue weighted by Crippen LogP contribution is 2.34. The molecular weight excluding hydrogens is 236 g/mol. The highest BCUT2D eigenvalue weighted by Gasteiger charge is 2.09. The van der Waals surface area contributed by atoms with Crippen LogP contribution in [0.15, 0.2) is 34.5 Å². The molecule has 0 aliphatic rings. The number of aromatic amines is 1. The number of rotatable bonds is 1. The Hall–Kier alpha value is -1.95. The van der Waals surface area contributed by atoms with Crippen LogP contribution in [0.3, 0.4) is 0 Å². The Kier molecular flexibility index (Phi) is 3.06. The van der Waals surface area contributed by atoms with Crippen LogP contribution in [0.1, 0.15) is 0 Å². The molecule has 0 atom stereocenters. The molecule has 0 aliphatic heterocycles. The molecule has 0 fully saturated rings. The number of aromatic nitrogens is 1. The standard InChI is InChI=1S/C11H12N4OS/c1-15(2)11(17)14-13-10-9(16)7-5-3-4-6-8(7)12-10/h3-6,12,16H,1-2H3. The normalized spacial score (nSPS) is 11.2. The molecular formula is C11H12N4OS. The molecule has 17 heavy (non-hydrogen) atoms. The lowest BCUT2D eigenvalue weighted by Gasteiger charge is -2.06. The van der Waals surface area contributed by atoms with Crippen molar-refractivity contribution in [1.82, 2.24) is 9.88 Å². The Morgan fingerprint density at radius 2 is 2.06 bits per heavy atom. The molecule has 0 bridgehead atoms. The maximum absolute atomic E-state index is 9.90. The highest BCUT2D eigenvalue weighted by atomic mass is 32.1. The molecule has 1 aromatic heterocycles. The summed E-state index contributed by atoms with van der Waals surface area (Å²) in [7, 11) is 3.57. The third kappa shape index (κ3) is 2.26. The van der Waals surface area contributed by atoms with Gasteiger partial charge in [-0.3, -0.25) is 0 Å². The van der Waals surface area contributed by atoms with Gasteiger partial charge in [0.05, 0.1) is 5.52 Å². The van der Waals surface area contributed by atoms with Crippen molar-refractivity contribution in [1.29, 1.82) is 0 Å². The Morgan fingerprint density at radius 1 is 1.35 bits per heavy atom. The minimum absolute atomic E-state index is 0.0888. The summed E-state index contributed by atoms with van der Waals surface area (Å²) in [6.07, 6.45) is 0. The summed E-state index contributed by atoms with van der Waals surface area (Å²) in [6, 6.07) is 7.40. The molecule has 0 saturated heterocycles. The van der Waals surface area contributed by atoms with E-state index in [-0.39, 0.29) is 5.75 Å².